The Hall–Kier alpha value is -2.30. The average molecular weight is 260 g/mol. The Morgan fingerprint density at radius 2 is 2.16 bits per heavy atom. The molecule has 1 heterocycles. The number of phenols is 1. The first-order valence-corrected chi connectivity index (χ1v) is 6.10. The maximum Gasteiger partial charge on any atom is 0.227 e. The predicted octanol–water partition coefficient (Wildman–Crippen LogP) is 1.05. The Bertz CT molecular complexity index is 496. The van der Waals surface area contributed by atoms with E-state index in [9.17, 15) is 14.7 Å². The smallest absolute Gasteiger partial charge is 0.227 e. The third-order valence-electron chi connectivity index (χ3n) is 3.08. The topological polar surface area (TPSA) is 69.6 Å². The molecular formula is C14H16N2O3. The van der Waals surface area contributed by atoms with E-state index in [-0.39, 0.29) is 29.9 Å². The summed E-state index contributed by atoms with van der Waals surface area (Å²) in [5.74, 6) is -0.393. The fourth-order valence-corrected chi connectivity index (χ4v) is 2.08. The molecule has 1 atom stereocenters. The van der Waals surface area contributed by atoms with Crippen molar-refractivity contribution in [1.82, 2.24) is 5.32 Å². The van der Waals surface area contributed by atoms with Crippen molar-refractivity contribution in [3.05, 3.63) is 36.9 Å². The van der Waals surface area contributed by atoms with Gasteiger partial charge >= 0.3 is 0 Å². The van der Waals surface area contributed by atoms with Crippen LogP contribution in [-0.4, -0.2) is 30.0 Å². The number of carbonyl (C=O) groups is 2. The average Bonchev–Trinajstić information content (AvgIpc) is 2.79. The maximum atomic E-state index is 11.9. The van der Waals surface area contributed by atoms with E-state index in [0.29, 0.717) is 18.8 Å². The van der Waals surface area contributed by atoms with Crippen LogP contribution in [0.3, 0.4) is 0 Å². The zero-order valence-electron chi connectivity index (χ0n) is 10.5. The van der Waals surface area contributed by atoms with Crippen molar-refractivity contribution < 1.29 is 14.7 Å². The molecular weight excluding hydrogens is 244 g/mol. The summed E-state index contributed by atoms with van der Waals surface area (Å²) in [5.41, 5.74) is 0.696. The number of rotatable bonds is 4. The van der Waals surface area contributed by atoms with Crippen LogP contribution in [0.15, 0.2) is 36.9 Å². The van der Waals surface area contributed by atoms with Gasteiger partial charge in [-0.1, -0.05) is 6.08 Å². The van der Waals surface area contributed by atoms with Gasteiger partial charge in [0.1, 0.15) is 5.75 Å². The molecule has 2 rings (SSSR count). The number of aromatic hydroxyl groups is 1. The quantitative estimate of drug-likeness (QED) is 0.795. The molecule has 5 nitrogen and oxygen atoms in total. The van der Waals surface area contributed by atoms with Gasteiger partial charge in [0.2, 0.25) is 11.8 Å². The number of amides is 2. The summed E-state index contributed by atoms with van der Waals surface area (Å²) >= 11 is 0. The second kappa shape index (κ2) is 5.56. The first-order chi connectivity index (χ1) is 9.11. The molecule has 5 heteroatoms. The summed E-state index contributed by atoms with van der Waals surface area (Å²) < 4.78 is 0. The number of carbonyl (C=O) groups excluding carboxylic acids is 2. The minimum Gasteiger partial charge on any atom is -0.508 e. The van der Waals surface area contributed by atoms with E-state index in [0.717, 1.165) is 0 Å². The van der Waals surface area contributed by atoms with Crippen molar-refractivity contribution in [3.63, 3.8) is 0 Å². The lowest BCUT2D eigenvalue weighted by Gasteiger charge is -2.16. The van der Waals surface area contributed by atoms with Gasteiger partial charge in [0.15, 0.2) is 0 Å². The molecule has 19 heavy (non-hydrogen) atoms. The lowest BCUT2D eigenvalue weighted by Crippen LogP contribution is -2.32. The second-order valence-electron chi connectivity index (χ2n) is 4.46. The van der Waals surface area contributed by atoms with Gasteiger partial charge in [-0.05, 0) is 24.3 Å². The van der Waals surface area contributed by atoms with Crippen LogP contribution in [0.1, 0.15) is 6.42 Å². The predicted molar refractivity (Wildman–Crippen MR) is 71.8 cm³/mol. The molecule has 0 unspecified atom stereocenters. The molecule has 0 bridgehead atoms. The summed E-state index contributed by atoms with van der Waals surface area (Å²) in [4.78, 5) is 25.3. The van der Waals surface area contributed by atoms with Crippen molar-refractivity contribution in [2.24, 2.45) is 5.92 Å². The van der Waals surface area contributed by atoms with Crippen LogP contribution in [-0.2, 0) is 9.59 Å². The Morgan fingerprint density at radius 3 is 2.79 bits per heavy atom. The third-order valence-corrected chi connectivity index (χ3v) is 3.08. The standard InChI is InChI=1S/C14H16N2O3/c1-2-7-15-14(19)10-8-13(18)16(9-10)11-3-5-12(17)6-4-11/h2-6,10,17H,1,7-9H2,(H,15,19)/t10-/m1/s1. The molecule has 1 aromatic carbocycles. The lowest BCUT2D eigenvalue weighted by atomic mass is 10.1. The number of phenolic OH excluding ortho intramolecular Hbond substituents is 1. The Kier molecular flexibility index (Phi) is 3.85. The molecule has 0 saturated carbocycles. The van der Waals surface area contributed by atoms with Gasteiger partial charge in [0.25, 0.3) is 0 Å². The van der Waals surface area contributed by atoms with Gasteiger partial charge in [-0.2, -0.15) is 0 Å². The first kappa shape index (κ1) is 13.1. The molecule has 100 valence electrons. The molecule has 0 spiro atoms. The number of hydrogen-bond acceptors (Lipinski definition) is 3. The number of anilines is 1. The summed E-state index contributed by atoms with van der Waals surface area (Å²) in [6.45, 7) is 4.30. The van der Waals surface area contributed by atoms with E-state index in [1.54, 1.807) is 23.1 Å². The van der Waals surface area contributed by atoms with E-state index >= 15 is 0 Å². The van der Waals surface area contributed by atoms with Crippen LogP contribution >= 0.6 is 0 Å². The third kappa shape index (κ3) is 2.93. The molecule has 1 saturated heterocycles. The van der Waals surface area contributed by atoms with Crippen LogP contribution in [0.2, 0.25) is 0 Å². The fourth-order valence-electron chi connectivity index (χ4n) is 2.08. The van der Waals surface area contributed by atoms with E-state index < -0.39 is 0 Å². The largest absolute Gasteiger partial charge is 0.508 e. The normalized spacial score (nSPS) is 18.4. The van der Waals surface area contributed by atoms with Gasteiger partial charge in [-0.15, -0.1) is 6.58 Å². The lowest BCUT2D eigenvalue weighted by molar-refractivity contribution is -0.126. The fraction of sp³-hybridized carbons (Fsp3) is 0.286. The number of hydrogen-bond donors (Lipinski definition) is 2. The zero-order chi connectivity index (χ0) is 13.8. The minimum absolute atomic E-state index is 0.0792. The highest BCUT2D eigenvalue weighted by molar-refractivity contribution is 6.00. The molecule has 0 aromatic heterocycles. The van der Waals surface area contributed by atoms with Crippen LogP contribution < -0.4 is 10.2 Å². The van der Waals surface area contributed by atoms with Crippen molar-refractivity contribution in [2.75, 3.05) is 18.0 Å². The van der Waals surface area contributed by atoms with E-state index in [1.165, 1.54) is 12.1 Å². The van der Waals surface area contributed by atoms with Gasteiger partial charge in [0.05, 0.1) is 5.92 Å². The Labute approximate surface area is 111 Å². The van der Waals surface area contributed by atoms with Crippen molar-refractivity contribution in [3.8, 4) is 5.75 Å². The van der Waals surface area contributed by atoms with E-state index in [2.05, 4.69) is 11.9 Å². The van der Waals surface area contributed by atoms with Gasteiger partial charge in [0, 0.05) is 25.2 Å². The van der Waals surface area contributed by atoms with Crippen LogP contribution in [0.4, 0.5) is 5.69 Å². The second-order valence-corrected chi connectivity index (χ2v) is 4.46. The highest BCUT2D eigenvalue weighted by Crippen LogP contribution is 2.26. The molecule has 1 fully saturated rings. The molecule has 2 amide bonds. The maximum absolute atomic E-state index is 11.9. The monoisotopic (exact) mass is 260 g/mol. The summed E-state index contributed by atoms with van der Waals surface area (Å²) in [6.07, 6.45) is 1.82. The number of benzene rings is 1. The highest BCUT2D eigenvalue weighted by Gasteiger charge is 2.34. The molecule has 1 aliphatic rings. The van der Waals surface area contributed by atoms with Gasteiger partial charge < -0.3 is 15.3 Å². The van der Waals surface area contributed by atoms with Crippen molar-refractivity contribution in [2.45, 2.75) is 6.42 Å². The molecule has 2 N–H and O–H groups in total. The molecule has 1 aromatic rings. The summed E-state index contributed by atoms with van der Waals surface area (Å²) in [7, 11) is 0. The van der Waals surface area contributed by atoms with Crippen molar-refractivity contribution in [1.29, 1.82) is 0 Å². The molecule has 0 aliphatic carbocycles. The Morgan fingerprint density at radius 1 is 1.47 bits per heavy atom. The van der Waals surface area contributed by atoms with E-state index in [1.807, 2.05) is 0 Å². The van der Waals surface area contributed by atoms with Crippen LogP contribution in [0.25, 0.3) is 0 Å². The molecule has 1 aliphatic heterocycles. The van der Waals surface area contributed by atoms with Gasteiger partial charge in [-0.3, -0.25) is 9.59 Å². The summed E-state index contributed by atoms with van der Waals surface area (Å²) in [5, 5.41) is 11.9. The highest BCUT2D eigenvalue weighted by atomic mass is 16.3. The van der Waals surface area contributed by atoms with E-state index in [4.69, 9.17) is 0 Å². The number of nitrogens with one attached hydrogen (secondary N) is 1. The summed E-state index contributed by atoms with van der Waals surface area (Å²) in [6, 6.07) is 6.37. The van der Waals surface area contributed by atoms with Crippen molar-refractivity contribution >= 4 is 17.5 Å². The minimum atomic E-state index is -0.332. The first-order valence-electron chi connectivity index (χ1n) is 6.10. The van der Waals surface area contributed by atoms with Crippen LogP contribution in [0, 0.1) is 5.92 Å². The molecule has 0 radical (unpaired) electrons. The number of nitrogens with zero attached hydrogens (tertiary/aromatic N) is 1. The van der Waals surface area contributed by atoms with Gasteiger partial charge in [-0.25, -0.2) is 0 Å². The zero-order valence-corrected chi connectivity index (χ0v) is 10.5. The SMILES string of the molecule is C=CCNC(=O)[C@@H]1CC(=O)N(c2ccc(O)cc2)C1. The van der Waals surface area contributed by atoms with Crippen LogP contribution in [0.5, 0.6) is 5.75 Å². The Balaban J connectivity index is 2.05.